The number of nitrogens with one attached hydrogen (secondary N) is 2. The molecule has 4 aromatic rings. The van der Waals surface area contributed by atoms with Gasteiger partial charge in [0, 0.05) is 34.6 Å². The second-order valence-corrected chi connectivity index (χ2v) is 12.8. The highest BCUT2D eigenvalue weighted by molar-refractivity contribution is 6.45. The number of halogens is 4. The van der Waals surface area contributed by atoms with Crippen molar-refractivity contribution < 1.29 is 9.59 Å². The van der Waals surface area contributed by atoms with E-state index in [1.165, 1.54) is 0 Å². The van der Waals surface area contributed by atoms with Crippen LogP contribution in [-0.2, 0) is 12.8 Å². The van der Waals surface area contributed by atoms with Crippen LogP contribution < -0.4 is 0 Å². The molecule has 38 heavy (non-hydrogen) atoms. The second-order valence-electron chi connectivity index (χ2n) is 11.2. The van der Waals surface area contributed by atoms with Crippen molar-refractivity contribution in [2.24, 2.45) is 23.7 Å². The van der Waals surface area contributed by atoms with Crippen molar-refractivity contribution >= 4 is 79.8 Å². The van der Waals surface area contributed by atoms with Crippen molar-refractivity contribution in [3.8, 4) is 0 Å². The maximum atomic E-state index is 12.3. The van der Waals surface area contributed by atoms with E-state index in [0.717, 1.165) is 57.2 Å². The van der Waals surface area contributed by atoms with E-state index in [2.05, 4.69) is 37.7 Å². The Bertz CT molecular complexity index is 1580. The zero-order chi connectivity index (χ0) is 27.5. The maximum absolute atomic E-state index is 12.3. The molecule has 0 amide bonds. The van der Waals surface area contributed by atoms with E-state index < -0.39 is 0 Å². The number of aromatic nitrogens is 2. The molecular formula is C30H30Cl4N2O2. The summed E-state index contributed by atoms with van der Waals surface area (Å²) >= 11 is 24.5. The molecule has 4 nitrogen and oxygen atoms in total. The molecule has 2 unspecified atom stereocenters. The van der Waals surface area contributed by atoms with E-state index in [9.17, 15) is 9.59 Å². The van der Waals surface area contributed by atoms with Gasteiger partial charge in [0.2, 0.25) is 0 Å². The number of Topliss-reactive ketones (excluding diaryl/α,β-unsaturated/α-hetero) is 2. The minimum absolute atomic E-state index is 0.184. The molecule has 200 valence electrons. The molecule has 0 bridgehead atoms. The third kappa shape index (κ3) is 4.90. The lowest BCUT2D eigenvalue weighted by Crippen LogP contribution is -2.23. The Morgan fingerprint density at radius 2 is 1.21 bits per heavy atom. The Morgan fingerprint density at radius 1 is 0.684 bits per heavy atom. The number of aromatic amines is 2. The van der Waals surface area contributed by atoms with Gasteiger partial charge in [0.05, 0.1) is 31.5 Å². The number of H-pyrrole nitrogens is 2. The maximum Gasteiger partial charge on any atom is 0.179 e. The van der Waals surface area contributed by atoms with Crippen LogP contribution in [0.3, 0.4) is 0 Å². The van der Waals surface area contributed by atoms with Crippen molar-refractivity contribution in [2.75, 3.05) is 0 Å². The van der Waals surface area contributed by atoms with Gasteiger partial charge in [0.15, 0.2) is 11.6 Å². The molecule has 0 fully saturated rings. The summed E-state index contributed by atoms with van der Waals surface area (Å²) < 4.78 is 0. The summed E-state index contributed by atoms with van der Waals surface area (Å²) in [7, 11) is 0. The Morgan fingerprint density at radius 3 is 1.82 bits per heavy atom. The summed E-state index contributed by atoms with van der Waals surface area (Å²) in [5, 5.41) is 4.09. The average molecular weight is 592 g/mol. The van der Waals surface area contributed by atoms with E-state index in [1.807, 2.05) is 12.1 Å². The van der Waals surface area contributed by atoms with Gasteiger partial charge in [-0.2, -0.15) is 0 Å². The molecule has 0 aliphatic heterocycles. The lowest BCUT2D eigenvalue weighted by Gasteiger charge is -2.24. The van der Waals surface area contributed by atoms with E-state index >= 15 is 0 Å². The van der Waals surface area contributed by atoms with Crippen LogP contribution in [0, 0.1) is 23.7 Å². The quantitative estimate of drug-likeness (QED) is 0.243. The topological polar surface area (TPSA) is 65.7 Å². The molecule has 2 aromatic carbocycles. The van der Waals surface area contributed by atoms with Gasteiger partial charge in [-0.3, -0.25) is 9.59 Å². The number of hydrogen-bond donors (Lipinski definition) is 2. The molecule has 0 saturated carbocycles. The number of fused-ring (bicyclic) bond motifs is 6. The zero-order valence-corrected chi connectivity index (χ0v) is 24.8. The largest absolute Gasteiger partial charge is 0.352 e. The Kier molecular flexibility index (Phi) is 7.65. The van der Waals surface area contributed by atoms with E-state index in [0.29, 0.717) is 56.6 Å². The molecule has 2 heterocycles. The van der Waals surface area contributed by atoms with Gasteiger partial charge in [-0.1, -0.05) is 74.1 Å². The number of hydrogen-bond acceptors (Lipinski definition) is 2. The van der Waals surface area contributed by atoms with E-state index in [4.69, 9.17) is 46.4 Å². The highest BCUT2D eigenvalue weighted by Crippen LogP contribution is 2.40. The molecule has 2 atom stereocenters. The summed E-state index contributed by atoms with van der Waals surface area (Å²) in [6.45, 7) is 8.65. The Labute approximate surface area is 242 Å². The molecule has 2 aliphatic rings. The summed E-state index contributed by atoms with van der Waals surface area (Å²) in [6, 6.07) is 7.32. The van der Waals surface area contributed by atoms with E-state index in [-0.39, 0.29) is 11.6 Å². The van der Waals surface area contributed by atoms with Gasteiger partial charge in [-0.15, -0.1) is 0 Å². The van der Waals surface area contributed by atoms with Gasteiger partial charge in [0.1, 0.15) is 0 Å². The van der Waals surface area contributed by atoms with Crippen LogP contribution in [-0.4, -0.2) is 21.5 Å². The minimum atomic E-state index is 0.184. The fourth-order valence-corrected chi connectivity index (χ4v) is 6.48. The molecule has 8 heteroatoms. The van der Waals surface area contributed by atoms with Crippen LogP contribution in [0.2, 0.25) is 20.1 Å². The highest BCUT2D eigenvalue weighted by atomic mass is 35.5. The van der Waals surface area contributed by atoms with E-state index in [1.54, 1.807) is 12.1 Å². The van der Waals surface area contributed by atoms with Gasteiger partial charge in [-0.25, -0.2) is 0 Å². The van der Waals surface area contributed by atoms with Gasteiger partial charge >= 0.3 is 0 Å². The molecule has 0 spiro atoms. The van der Waals surface area contributed by atoms with Crippen molar-refractivity contribution in [2.45, 2.75) is 53.4 Å². The molecule has 2 N–H and O–H groups in total. The first-order valence-corrected chi connectivity index (χ1v) is 14.5. The van der Waals surface area contributed by atoms with Gasteiger partial charge < -0.3 is 9.97 Å². The number of ketones is 2. The zero-order valence-electron chi connectivity index (χ0n) is 21.8. The third-order valence-electron chi connectivity index (χ3n) is 8.18. The number of carbonyl (C=O) groups excluding carboxylic acids is 2. The third-order valence-corrected chi connectivity index (χ3v) is 9.70. The van der Waals surface area contributed by atoms with Crippen molar-refractivity contribution in [1.82, 2.24) is 9.97 Å². The normalized spacial score (nSPS) is 19.2. The van der Waals surface area contributed by atoms with Crippen LogP contribution in [0.1, 0.15) is 72.6 Å². The smallest absolute Gasteiger partial charge is 0.179 e. The lowest BCUT2D eigenvalue weighted by atomic mass is 9.79. The fraction of sp³-hybridized carbons (Fsp3) is 0.400. The summed E-state index contributed by atoms with van der Waals surface area (Å²) in [4.78, 5) is 30.9. The molecular weight excluding hydrogens is 562 g/mol. The standard InChI is InChI=1S/2C15H15Cl2NO/c1-7(2)8-3-10-9-5-11(16)12(17)6-13(9)18-15(10)14(19)4-8;1-7(2)8-5-9-13-11(4-3-10(16)14(13)17)18-15(9)12(19)6-8/h5-8,18H,3-4H2,1-2H3;3-4,7-8,18H,5-6H2,1-2H3. The van der Waals surface area contributed by atoms with Gasteiger partial charge in [0.25, 0.3) is 0 Å². The first-order chi connectivity index (χ1) is 18.0. The second kappa shape index (κ2) is 10.5. The van der Waals surface area contributed by atoms with Crippen molar-refractivity contribution in [3.05, 3.63) is 66.9 Å². The SMILES string of the molecule is CC(C)C1CC(=O)c2[nH]c3cc(Cl)c(Cl)cc3c2C1.CC(C)C1CC(=O)c2[nH]c3ccc(Cl)c(Cl)c3c2C1. The number of carbonyl (C=O) groups is 2. The number of benzene rings is 2. The number of rotatable bonds is 2. The van der Waals surface area contributed by atoms with Crippen LogP contribution in [0.4, 0.5) is 0 Å². The van der Waals surface area contributed by atoms with Gasteiger partial charge in [-0.05, 0) is 71.9 Å². The molecule has 2 aromatic heterocycles. The minimum Gasteiger partial charge on any atom is -0.352 e. The molecule has 2 aliphatic carbocycles. The Balaban J connectivity index is 0.000000155. The predicted molar refractivity (Wildman–Crippen MR) is 159 cm³/mol. The predicted octanol–water partition coefficient (Wildman–Crippen LogP) is 9.75. The Hall–Kier alpha value is -1.98. The lowest BCUT2D eigenvalue weighted by molar-refractivity contribution is 0.0921. The molecule has 6 rings (SSSR count). The summed E-state index contributed by atoms with van der Waals surface area (Å²) in [6.07, 6.45) is 3.05. The van der Waals surface area contributed by atoms with Crippen molar-refractivity contribution in [1.29, 1.82) is 0 Å². The fourth-order valence-electron chi connectivity index (χ4n) is 5.71. The molecule has 0 saturated heterocycles. The van der Waals surface area contributed by atoms with Crippen LogP contribution in [0.25, 0.3) is 21.8 Å². The summed E-state index contributed by atoms with van der Waals surface area (Å²) in [5.41, 5.74) is 5.40. The monoisotopic (exact) mass is 590 g/mol. The first-order valence-electron chi connectivity index (χ1n) is 13.0. The highest BCUT2D eigenvalue weighted by Gasteiger charge is 2.32. The van der Waals surface area contributed by atoms with Crippen LogP contribution in [0.15, 0.2) is 24.3 Å². The first kappa shape index (κ1) is 27.6. The van der Waals surface area contributed by atoms with Crippen LogP contribution in [0.5, 0.6) is 0 Å². The average Bonchev–Trinajstić information content (AvgIpc) is 3.41. The summed E-state index contributed by atoms with van der Waals surface area (Å²) in [5.74, 6) is 2.17. The molecule has 0 radical (unpaired) electrons. The van der Waals surface area contributed by atoms with Crippen LogP contribution >= 0.6 is 46.4 Å². The van der Waals surface area contributed by atoms with Crippen molar-refractivity contribution in [3.63, 3.8) is 0 Å².